The number of hydrogen-bond acceptors (Lipinski definition) is 6. The molecule has 0 aliphatic heterocycles. The van der Waals surface area contributed by atoms with Gasteiger partial charge in [0.25, 0.3) is 0 Å². The molecule has 0 saturated carbocycles. The van der Waals surface area contributed by atoms with Gasteiger partial charge in [0.05, 0.1) is 23.7 Å². The molecule has 0 spiro atoms. The van der Waals surface area contributed by atoms with Gasteiger partial charge in [0.15, 0.2) is 5.13 Å². The highest BCUT2D eigenvalue weighted by atomic mass is 32.1. The molecule has 2 aromatic heterocycles. The highest BCUT2D eigenvalue weighted by Crippen LogP contribution is 2.36. The topological polar surface area (TPSA) is 59.4 Å². The minimum Gasteiger partial charge on any atom is -0.494 e. The van der Waals surface area contributed by atoms with Crippen molar-refractivity contribution in [1.82, 2.24) is 9.97 Å². The number of anilines is 2. The summed E-state index contributed by atoms with van der Waals surface area (Å²) < 4.78 is 6.42. The van der Waals surface area contributed by atoms with E-state index in [4.69, 9.17) is 4.74 Å². The predicted octanol–water partition coefficient (Wildman–Crippen LogP) is 4.47. The van der Waals surface area contributed by atoms with Crippen LogP contribution in [-0.4, -0.2) is 23.3 Å². The van der Waals surface area contributed by atoms with E-state index < -0.39 is 0 Å². The van der Waals surface area contributed by atoms with Gasteiger partial charge in [-0.05, 0) is 25.5 Å². The fraction of sp³-hybridized carbons (Fsp3) is 0.188. The lowest BCUT2D eigenvalue weighted by molar-refractivity contribution is 0.416. The molecule has 0 radical (unpaired) electrons. The van der Waals surface area contributed by atoms with Crippen molar-refractivity contribution in [3.8, 4) is 5.75 Å². The van der Waals surface area contributed by atoms with E-state index in [0.29, 0.717) is 0 Å². The first-order chi connectivity index (χ1) is 10.7. The second-order valence-electron chi connectivity index (χ2n) is 4.69. The molecule has 0 saturated heterocycles. The molecule has 1 aromatic carbocycles. The molecule has 6 heteroatoms. The first kappa shape index (κ1) is 14.5. The number of benzene rings is 1. The van der Waals surface area contributed by atoms with Crippen LogP contribution in [0, 0.1) is 6.92 Å². The average molecular weight is 312 g/mol. The lowest BCUT2D eigenvalue weighted by Crippen LogP contribution is -1.94. The monoisotopic (exact) mass is 312 g/mol. The number of methoxy groups -OCH3 is 1. The zero-order valence-electron chi connectivity index (χ0n) is 12.6. The van der Waals surface area contributed by atoms with E-state index in [-0.39, 0.29) is 0 Å². The van der Waals surface area contributed by atoms with Gasteiger partial charge in [-0.1, -0.05) is 17.4 Å². The van der Waals surface area contributed by atoms with E-state index >= 15 is 0 Å². The molecule has 112 valence electrons. The SMILES string of the molecule is C/C=N\c1c(C)ccc2sc(Nc3cnccc3OC)nc12. The van der Waals surface area contributed by atoms with Crippen LogP contribution in [0.4, 0.5) is 16.5 Å². The first-order valence-electron chi connectivity index (χ1n) is 6.86. The van der Waals surface area contributed by atoms with Gasteiger partial charge in [-0.25, -0.2) is 4.98 Å². The molecule has 3 rings (SSSR count). The van der Waals surface area contributed by atoms with Crippen LogP contribution < -0.4 is 10.1 Å². The van der Waals surface area contributed by atoms with Crippen molar-refractivity contribution < 1.29 is 4.74 Å². The molecular weight excluding hydrogens is 296 g/mol. The fourth-order valence-corrected chi connectivity index (χ4v) is 3.08. The molecule has 0 atom stereocenters. The summed E-state index contributed by atoms with van der Waals surface area (Å²) >= 11 is 1.58. The summed E-state index contributed by atoms with van der Waals surface area (Å²) in [6.07, 6.45) is 5.21. The number of hydrogen-bond donors (Lipinski definition) is 1. The maximum absolute atomic E-state index is 5.32. The number of aliphatic imine (C=N–C) groups is 1. The number of aromatic nitrogens is 2. The fourth-order valence-electron chi connectivity index (χ4n) is 2.20. The third-order valence-electron chi connectivity index (χ3n) is 3.24. The highest BCUT2D eigenvalue weighted by Gasteiger charge is 2.11. The maximum Gasteiger partial charge on any atom is 0.188 e. The standard InChI is InChI=1S/C16H16N4OS/c1-4-18-14-10(2)5-6-13-15(14)20-16(22-13)19-11-9-17-8-7-12(11)21-3/h4-9H,1-3H3,(H,19,20)/b18-4-. The van der Waals surface area contributed by atoms with E-state index in [1.54, 1.807) is 37.1 Å². The van der Waals surface area contributed by atoms with Gasteiger partial charge in [-0.2, -0.15) is 0 Å². The van der Waals surface area contributed by atoms with Crippen LogP contribution in [0.2, 0.25) is 0 Å². The van der Waals surface area contributed by atoms with Crippen LogP contribution in [0.15, 0.2) is 35.6 Å². The van der Waals surface area contributed by atoms with E-state index in [1.807, 2.05) is 19.9 Å². The molecular formula is C16H16N4OS. The third kappa shape index (κ3) is 2.65. The molecule has 2 heterocycles. The van der Waals surface area contributed by atoms with Crippen LogP contribution in [0.5, 0.6) is 5.75 Å². The zero-order valence-corrected chi connectivity index (χ0v) is 13.4. The van der Waals surface area contributed by atoms with Crippen molar-refractivity contribution >= 4 is 44.3 Å². The number of thiazole rings is 1. The Kier molecular flexibility index (Phi) is 4.02. The molecule has 0 fully saturated rings. The van der Waals surface area contributed by atoms with E-state index in [0.717, 1.165) is 38.0 Å². The van der Waals surface area contributed by atoms with Crippen LogP contribution in [0.25, 0.3) is 10.2 Å². The van der Waals surface area contributed by atoms with Gasteiger partial charge in [0.1, 0.15) is 17.0 Å². The number of nitrogens with zero attached hydrogens (tertiary/aromatic N) is 3. The Morgan fingerprint density at radius 1 is 1.32 bits per heavy atom. The molecule has 0 aliphatic carbocycles. The molecule has 0 amide bonds. The van der Waals surface area contributed by atoms with E-state index in [1.165, 1.54) is 0 Å². The molecule has 5 nitrogen and oxygen atoms in total. The summed E-state index contributed by atoms with van der Waals surface area (Å²) in [6.45, 7) is 3.95. The highest BCUT2D eigenvalue weighted by molar-refractivity contribution is 7.22. The summed E-state index contributed by atoms with van der Waals surface area (Å²) in [4.78, 5) is 13.2. The number of rotatable bonds is 4. The van der Waals surface area contributed by atoms with Crippen LogP contribution >= 0.6 is 11.3 Å². The van der Waals surface area contributed by atoms with Crippen molar-refractivity contribution in [2.24, 2.45) is 4.99 Å². The summed E-state index contributed by atoms with van der Waals surface area (Å²) in [5.41, 5.74) is 3.73. The number of pyridine rings is 1. The number of fused-ring (bicyclic) bond motifs is 1. The quantitative estimate of drug-likeness (QED) is 0.722. The molecule has 0 aliphatic rings. The predicted molar refractivity (Wildman–Crippen MR) is 92.3 cm³/mol. The van der Waals surface area contributed by atoms with E-state index in [9.17, 15) is 0 Å². The maximum atomic E-state index is 5.32. The lowest BCUT2D eigenvalue weighted by Gasteiger charge is -2.07. The second kappa shape index (κ2) is 6.11. The Balaban J connectivity index is 2.04. The summed E-state index contributed by atoms with van der Waals surface area (Å²) in [5, 5.41) is 4.06. The normalized spacial score (nSPS) is 11.2. The second-order valence-corrected chi connectivity index (χ2v) is 5.72. The summed E-state index contributed by atoms with van der Waals surface area (Å²) in [7, 11) is 1.64. The Hall–Kier alpha value is -2.47. The molecule has 0 unspecified atom stereocenters. The van der Waals surface area contributed by atoms with Crippen LogP contribution in [0.3, 0.4) is 0 Å². The van der Waals surface area contributed by atoms with E-state index in [2.05, 4.69) is 32.4 Å². The van der Waals surface area contributed by atoms with Gasteiger partial charge in [0.2, 0.25) is 0 Å². The van der Waals surface area contributed by atoms with Gasteiger partial charge >= 0.3 is 0 Å². The number of nitrogens with one attached hydrogen (secondary N) is 1. The Labute approximate surface area is 132 Å². The van der Waals surface area contributed by atoms with Gasteiger partial charge in [-0.15, -0.1) is 0 Å². The zero-order chi connectivity index (χ0) is 15.5. The Morgan fingerprint density at radius 2 is 2.18 bits per heavy atom. The smallest absolute Gasteiger partial charge is 0.188 e. The van der Waals surface area contributed by atoms with Crippen molar-refractivity contribution in [3.63, 3.8) is 0 Å². The molecule has 0 bridgehead atoms. The lowest BCUT2D eigenvalue weighted by atomic mass is 10.2. The van der Waals surface area contributed by atoms with Crippen molar-refractivity contribution in [3.05, 3.63) is 36.2 Å². The van der Waals surface area contributed by atoms with Gasteiger partial charge in [-0.3, -0.25) is 9.98 Å². The van der Waals surface area contributed by atoms with Crippen molar-refractivity contribution in [2.45, 2.75) is 13.8 Å². The van der Waals surface area contributed by atoms with Crippen LogP contribution in [0.1, 0.15) is 12.5 Å². The van der Waals surface area contributed by atoms with Crippen LogP contribution in [-0.2, 0) is 0 Å². The Bertz CT molecular complexity index is 841. The third-order valence-corrected chi connectivity index (χ3v) is 4.17. The average Bonchev–Trinajstić information content (AvgIpc) is 2.94. The number of aryl methyl sites for hydroxylation is 1. The minimum absolute atomic E-state index is 0.734. The Morgan fingerprint density at radius 3 is 2.95 bits per heavy atom. The molecule has 1 N–H and O–H groups in total. The largest absolute Gasteiger partial charge is 0.494 e. The van der Waals surface area contributed by atoms with Gasteiger partial charge < -0.3 is 10.1 Å². The van der Waals surface area contributed by atoms with Gasteiger partial charge in [0, 0.05) is 18.5 Å². The molecule has 3 aromatic rings. The van der Waals surface area contributed by atoms with Crippen molar-refractivity contribution in [1.29, 1.82) is 0 Å². The number of ether oxygens (including phenoxy) is 1. The minimum atomic E-state index is 0.734. The molecule has 22 heavy (non-hydrogen) atoms. The van der Waals surface area contributed by atoms with Crippen molar-refractivity contribution in [2.75, 3.05) is 12.4 Å². The summed E-state index contributed by atoms with van der Waals surface area (Å²) in [6, 6.07) is 5.95. The first-order valence-corrected chi connectivity index (χ1v) is 7.68. The summed E-state index contributed by atoms with van der Waals surface area (Å²) in [5.74, 6) is 0.734.